The fourth-order valence-electron chi connectivity index (χ4n) is 2.07. The number of aromatic amines is 1. The first-order valence-electron chi connectivity index (χ1n) is 6.94. The summed E-state index contributed by atoms with van der Waals surface area (Å²) in [4.78, 5) is 12.2. The third-order valence-electron chi connectivity index (χ3n) is 3.17. The van der Waals surface area contributed by atoms with Crippen molar-refractivity contribution in [2.24, 2.45) is 0 Å². The molecule has 0 aromatic carbocycles. The van der Waals surface area contributed by atoms with Crippen LogP contribution in [0.15, 0.2) is 4.79 Å². The van der Waals surface area contributed by atoms with Crippen LogP contribution in [0.1, 0.15) is 70.7 Å². The molecule has 1 aromatic heterocycles. The molecule has 0 fully saturated rings. The highest BCUT2D eigenvalue weighted by molar-refractivity contribution is 5.18. The van der Waals surface area contributed by atoms with E-state index in [4.69, 9.17) is 0 Å². The zero-order chi connectivity index (χ0) is 12.8. The first kappa shape index (κ1) is 14.1. The number of H-pyrrole nitrogens is 1. The number of aromatic nitrogens is 2. The van der Waals surface area contributed by atoms with Crippen molar-refractivity contribution < 1.29 is 0 Å². The molecule has 3 nitrogen and oxygen atoms in total. The van der Waals surface area contributed by atoms with Crippen LogP contribution in [0.25, 0.3) is 0 Å². The Morgan fingerprint density at radius 3 is 2.24 bits per heavy atom. The maximum atomic E-state index is 12.2. The maximum Gasteiger partial charge on any atom is 0.270 e. The van der Waals surface area contributed by atoms with Gasteiger partial charge in [0.05, 0.1) is 0 Å². The van der Waals surface area contributed by atoms with E-state index in [0.29, 0.717) is 0 Å². The van der Waals surface area contributed by atoms with Gasteiger partial charge in [-0.2, -0.15) is 0 Å². The fraction of sp³-hybridized carbons (Fsp3) is 0.786. The van der Waals surface area contributed by atoms with Gasteiger partial charge in [-0.25, -0.2) is 0 Å². The number of nitrogens with one attached hydrogen (secondary N) is 1. The molecule has 0 bridgehead atoms. The highest BCUT2D eigenvalue weighted by atomic mass is 16.1. The zero-order valence-electron chi connectivity index (χ0n) is 11.7. The zero-order valence-corrected chi connectivity index (χ0v) is 11.7. The minimum Gasteiger partial charge on any atom is -0.299 e. The summed E-state index contributed by atoms with van der Waals surface area (Å²) < 4.78 is 1.77. The minimum atomic E-state index is 0.194. The van der Waals surface area contributed by atoms with E-state index < -0.39 is 0 Å². The van der Waals surface area contributed by atoms with Gasteiger partial charge in [0.2, 0.25) is 0 Å². The average Bonchev–Trinajstić information content (AvgIpc) is 2.61. The van der Waals surface area contributed by atoms with E-state index in [1.165, 1.54) is 12.1 Å². The molecule has 0 amide bonds. The van der Waals surface area contributed by atoms with Crippen LogP contribution in [-0.2, 0) is 12.8 Å². The molecule has 98 valence electrons. The van der Waals surface area contributed by atoms with Gasteiger partial charge in [-0.05, 0) is 39.5 Å². The van der Waals surface area contributed by atoms with Crippen molar-refractivity contribution in [2.75, 3.05) is 0 Å². The summed E-state index contributed by atoms with van der Waals surface area (Å²) in [7, 11) is 0. The summed E-state index contributed by atoms with van der Waals surface area (Å²) in [5.41, 5.74) is 2.38. The molecule has 1 aromatic rings. The van der Waals surface area contributed by atoms with Gasteiger partial charge in [0.1, 0.15) is 0 Å². The van der Waals surface area contributed by atoms with Crippen LogP contribution in [0.4, 0.5) is 0 Å². The minimum absolute atomic E-state index is 0.194. The first-order valence-corrected chi connectivity index (χ1v) is 6.94. The first-order chi connectivity index (χ1) is 8.11. The number of aryl methyl sites for hydroxylation is 1. The molecule has 0 aliphatic rings. The summed E-state index contributed by atoms with van der Waals surface area (Å²) >= 11 is 0. The van der Waals surface area contributed by atoms with Crippen LogP contribution in [0, 0.1) is 0 Å². The molecule has 0 atom stereocenters. The van der Waals surface area contributed by atoms with Crippen molar-refractivity contribution in [3.05, 3.63) is 21.6 Å². The quantitative estimate of drug-likeness (QED) is 0.776. The van der Waals surface area contributed by atoms with Crippen molar-refractivity contribution in [3.63, 3.8) is 0 Å². The Hall–Kier alpha value is -0.990. The summed E-state index contributed by atoms with van der Waals surface area (Å²) in [5, 5.41) is 3.30. The van der Waals surface area contributed by atoms with Gasteiger partial charge in [-0.1, -0.05) is 26.7 Å². The van der Waals surface area contributed by atoms with Crippen LogP contribution in [0.5, 0.6) is 0 Å². The summed E-state index contributed by atoms with van der Waals surface area (Å²) in [6.45, 7) is 8.44. The highest BCUT2D eigenvalue weighted by Crippen LogP contribution is 2.12. The molecule has 0 saturated carbocycles. The topological polar surface area (TPSA) is 37.8 Å². The van der Waals surface area contributed by atoms with E-state index in [1.807, 2.05) is 13.8 Å². The van der Waals surface area contributed by atoms with E-state index in [1.54, 1.807) is 4.68 Å². The molecule has 3 heteroatoms. The predicted octanol–water partition coefficient (Wildman–Crippen LogP) is 3.44. The van der Waals surface area contributed by atoms with Gasteiger partial charge in [0.15, 0.2) is 0 Å². The molecular weight excluding hydrogens is 212 g/mol. The van der Waals surface area contributed by atoms with Gasteiger partial charge < -0.3 is 0 Å². The van der Waals surface area contributed by atoms with E-state index in [2.05, 4.69) is 18.9 Å². The van der Waals surface area contributed by atoms with Gasteiger partial charge in [-0.3, -0.25) is 14.6 Å². The van der Waals surface area contributed by atoms with E-state index in [0.717, 1.165) is 37.7 Å². The summed E-state index contributed by atoms with van der Waals surface area (Å²) in [6.07, 6.45) is 6.48. The van der Waals surface area contributed by atoms with Crippen LogP contribution in [-0.4, -0.2) is 9.78 Å². The van der Waals surface area contributed by atoms with Gasteiger partial charge >= 0.3 is 0 Å². The molecule has 1 N–H and O–H groups in total. The lowest BCUT2D eigenvalue weighted by atomic mass is 10.1. The average molecular weight is 238 g/mol. The molecule has 1 heterocycles. The number of rotatable bonds is 7. The highest BCUT2D eigenvalue weighted by Gasteiger charge is 2.14. The molecule has 0 aliphatic heterocycles. The Labute approximate surface area is 104 Å². The lowest BCUT2D eigenvalue weighted by Gasteiger charge is -2.04. The Morgan fingerprint density at radius 2 is 1.71 bits per heavy atom. The lowest BCUT2D eigenvalue weighted by Crippen LogP contribution is -2.20. The van der Waals surface area contributed by atoms with Gasteiger partial charge in [0.25, 0.3) is 5.56 Å². The van der Waals surface area contributed by atoms with Crippen molar-refractivity contribution in [2.45, 2.75) is 72.3 Å². The molecule has 1 rings (SSSR count). The number of unbranched alkanes of at least 4 members (excludes halogenated alkanes) is 2. The second-order valence-corrected chi connectivity index (χ2v) is 5.04. The summed E-state index contributed by atoms with van der Waals surface area (Å²) in [6, 6.07) is 0.221. The van der Waals surface area contributed by atoms with E-state index in [-0.39, 0.29) is 11.6 Å². The number of hydrogen-bond acceptors (Lipinski definition) is 1. The molecule has 0 saturated heterocycles. The molecular formula is C14H26N2O. The molecule has 0 unspecified atom stereocenters. The smallest absolute Gasteiger partial charge is 0.270 e. The van der Waals surface area contributed by atoms with Crippen LogP contribution in [0.3, 0.4) is 0 Å². The Kier molecular flexibility index (Phi) is 5.52. The van der Waals surface area contributed by atoms with Crippen molar-refractivity contribution in [1.29, 1.82) is 0 Å². The van der Waals surface area contributed by atoms with E-state index >= 15 is 0 Å². The van der Waals surface area contributed by atoms with Gasteiger partial charge in [-0.15, -0.1) is 0 Å². The monoisotopic (exact) mass is 238 g/mol. The van der Waals surface area contributed by atoms with Crippen LogP contribution >= 0.6 is 0 Å². The summed E-state index contributed by atoms with van der Waals surface area (Å²) in [5.74, 6) is 0. The normalized spacial score (nSPS) is 11.4. The lowest BCUT2D eigenvalue weighted by molar-refractivity contribution is 0.510. The van der Waals surface area contributed by atoms with E-state index in [9.17, 15) is 4.79 Å². The van der Waals surface area contributed by atoms with Crippen molar-refractivity contribution in [1.82, 2.24) is 9.78 Å². The fourth-order valence-corrected chi connectivity index (χ4v) is 2.07. The molecule has 0 spiro atoms. The molecule has 0 radical (unpaired) electrons. The van der Waals surface area contributed by atoms with Crippen LogP contribution in [0.2, 0.25) is 0 Å². The van der Waals surface area contributed by atoms with Gasteiger partial charge in [0, 0.05) is 17.3 Å². The molecule has 0 aliphatic carbocycles. The maximum absolute atomic E-state index is 12.2. The number of nitrogens with zero attached hydrogens (tertiary/aromatic N) is 1. The largest absolute Gasteiger partial charge is 0.299 e. The second-order valence-electron chi connectivity index (χ2n) is 5.04. The third kappa shape index (κ3) is 3.48. The Balaban J connectivity index is 2.99. The van der Waals surface area contributed by atoms with Crippen molar-refractivity contribution in [3.8, 4) is 0 Å². The predicted molar refractivity (Wildman–Crippen MR) is 72.7 cm³/mol. The second kappa shape index (κ2) is 6.67. The third-order valence-corrected chi connectivity index (χ3v) is 3.17. The SMILES string of the molecule is CCCCc1[nH]n(C(C)C)c(=O)c1CCCC. The Bertz CT molecular complexity index is 387. The number of hydrogen-bond donors (Lipinski definition) is 1. The Morgan fingerprint density at radius 1 is 1.12 bits per heavy atom. The van der Waals surface area contributed by atoms with Crippen molar-refractivity contribution >= 4 is 0 Å². The molecule has 17 heavy (non-hydrogen) atoms. The van der Waals surface area contributed by atoms with Crippen LogP contribution < -0.4 is 5.56 Å². The standard InChI is InChI=1S/C14H26N2O/c1-5-7-9-12-13(10-8-6-2)15-16(11(3)4)14(12)17/h11,15H,5-10H2,1-4H3.